The van der Waals surface area contributed by atoms with Crippen molar-refractivity contribution in [2.45, 2.75) is 6.61 Å². The van der Waals surface area contributed by atoms with Gasteiger partial charge in [-0.1, -0.05) is 18.2 Å². The van der Waals surface area contributed by atoms with Gasteiger partial charge in [-0.15, -0.1) is 0 Å². The Morgan fingerprint density at radius 1 is 0.960 bits per heavy atom. The molecule has 0 saturated heterocycles. The number of carbonyl (C=O) groups excluding carboxylic acids is 2. The van der Waals surface area contributed by atoms with Crippen molar-refractivity contribution in [3.8, 4) is 5.75 Å². The summed E-state index contributed by atoms with van der Waals surface area (Å²) in [6.45, 7) is 0.194. The maximum absolute atomic E-state index is 12.0. The van der Waals surface area contributed by atoms with E-state index in [1.165, 1.54) is 12.3 Å². The van der Waals surface area contributed by atoms with E-state index in [1.54, 1.807) is 24.4 Å². The van der Waals surface area contributed by atoms with E-state index in [4.69, 9.17) is 9.15 Å². The van der Waals surface area contributed by atoms with Crippen LogP contribution in [0.3, 0.4) is 0 Å². The van der Waals surface area contributed by atoms with Crippen LogP contribution in [0.4, 0.5) is 0 Å². The van der Waals surface area contributed by atoms with Gasteiger partial charge in [0.2, 0.25) is 0 Å². The van der Waals surface area contributed by atoms with E-state index in [0.29, 0.717) is 17.1 Å². The molecule has 2 aromatic heterocycles. The van der Waals surface area contributed by atoms with Crippen molar-refractivity contribution in [1.29, 1.82) is 0 Å². The minimum Gasteiger partial charge on any atom is -0.486 e. The van der Waals surface area contributed by atoms with Crippen molar-refractivity contribution in [2.24, 2.45) is 0 Å². The molecule has 0 aliphatic rings. The van der Waals surface area contributed by atoms with Crippen LogP contribution in [0.15, 0.2) is 71.4 Å². The predicted molar refractivity (Wildman–Crippen MR) is 88.7 cm³/mol. The fourth-order valence-electron chi connectivity index (χ4n) is 1.99. The number of pyridine rings is 1. The Hall–Kier alpha value is -3.61. The van der Waals surface area contributed by atoms with E-state index >= 15 is 0 Å². The van der Waals surface area contributed by atoms with Crippen molar-refractivity contribution in [2.75, 3.05) is 0 Å². The summed E-state index contributed by atoms with van der Waals surface area (Å²) in [5.74, 6) is 0.225. The number of hydrogen-bond donors (Lipinski definition) is 2. The number of para-hydroxylation sites is 1. The highest BCUT2D eigenvalue weighted by molar-refractivity contribution is 5.97. The summed E-state index contributed by atoms with van der Waals surface area (Å²) in [6, 6.07) is 15.6. The number of ether oxygens (including phenoxy) is 1. The second-order valence-electron chi connectivity index (χ2n) is 5.02. The molecule has 0 saturated carbocycles. The van der Waals surface area contributed by atoms with Gasteiger partial charge in [0.1, 0.15) is 18.1 Å². The van der Waals surface area contributed by atoms with Gasteiger partial charge in [0, 0.05) is 12.4 Å². The van der Waals surface area contributed by atoms with Crippen LogP contribution in [0.25, 0.3) is 0 Å². The van der Waals surface area contributed by atoms with Crippen LogP contribution in [-0.2, 0) is 6.61 Å². The molecule has 0 aliphatic carbocycles. The van der Waals surface area contributed by atoms with E-state index < -0.39 is 11.8 Å². The van der Waals surface area contributed by atoms with Crippen LogP contribution < -0.4 is 15.6 Å². The summed E-state index contributed by atoms with van der Waals surface area (Å²) in [5.41, 5.74) is 4.91. The molecular weight excluding hydrogens is 322 g/mol. The van der Waals surface area contributed by atoms with Crippen molar-refractivity contribution in [3.63, 3.8) is 0 Å². The molecular formula is C18H15N3O4. The Balaban J connectivity index is 1.51. The summed E-state index contributed by atoms with van der Waals surface area (Å²) in [5, 5.41) is 0. The molecule has 25 heavy (non-hydrogen) atoms. The molecule has 2 amide bonds. The van der Waals surface area contributed by atoms with E-state index in [2.05, 4.69) is 15.8 Å². The Kier molecular flexibility index (Phi) is 5.06. The fraction of sp³-hybridized carbons (Fsp3) is 0.0556. The number of furan rings is 1. The minimum absolute atomic E-state index is 0.0677. The third kappa shape index (κ3) is 4.44. The first-order valence-corrected chi connectivity index (χ1v) is 7.49. The Labute approximate surface area is 143 Å². The van der Waals surface area contributed by atoms with Gasteiger partial charge < -0.3 is 9.15 Å². The number of nitrogens with zero attached hydrogens (tertiary/aromatic N) is 1. The highest BCUT2D eigenvalue weighted by Crippen LogP contribution is 2.13. The first-order valence-electron chi connectivity index (χ1n) is 7.49. The topological polar surface area (TPSA) is 93.5 Å². The molecule has 0 atom stereocenters. The third-order valence-corrected chi connectivity index (χ3v) is 3.22. The standard InChI is InChI=1S/C18H15N3O4/c22-17(13-5-4-10-19-11-13)20-21-18(23)16-9-8-15(25-16)12-24-14-6-2-1-3-7-14/h1-11H,12H2,(H,20,22)(H,21,23). The van der Waals surface area contributed by atoms with Gasteiger partial charge >= 0.3 is 5.91 Å². The zero-order chi connectivity index (χ0) is 17.5. The molecule has 0 fully saturated rings. The second-order valence-corrected chi connectivity index (χ2v) is 5.02. The summed E-state index contributed by atoms with van der Waals surface area (Å²) in [7, 11) is 0. The lowest BCUT2D eigenvalue weighted by Crippen LogP contribution is -2.41. The monoisotopic (exact) mass is 337 g/mol. The largest absolute Gasteiger partial charge is 0.486 e. The summed E-state index contributed by atoms with van der Waals surface area (Å²) < 4.78 is 10.9. The van der Waals surface area contributed by atoms with Crippen molar-refractivity contribution in [3.05, 3.63) is 84.1 Å². The number of hydrogen-bond acceptors (Lipinski definition) is 5. The van der Waals surface area contributed by atoms with Gasteiger partial charge in [-0.05, 0) is 36.4 Å². The number of carbonyl (C=O) groups is 2. The van der Waals surface area contributed by atoms with E-state index in [-0.39, 0.29) is 12.4 Å². The smallest absolute Gasteiger partial charge is 0.305 e. The summed E-state index contributed by atoms with van der Waals surface area (Å²) in [6.07, 6.45) is 2.95. The second kappa shape index (κ2) is 7.78. The zero-order valence-corrected chi connectivity index (χ0v) is 13.1. The van der Waals surface area contributed by atoms with Crippen LogP contribution >= 0.6 is 0 Å². The number of rotatable bonds is 5. The average Bonchev–Trinajstić information content (AvgIpc) is 3.15. The predicted octanol–water partition coefficient (Wildman–Crippen LogP) is 2.33. The highest BCUT2D eigenvalue weighted by atomic mass is 16.5. The van der Waals surface area contributed by atoms with E-state index in [1.807, 2.05) is 30.3 Å². The SMILES string of the molecule is O=C(NNC(=O)c1ccc(COc2ccccc2)o1)c1cccnc1. The first kappa shape index (κ1) is 16.3. The summed E-state index contributed by atoms with van der Waals surface area (Å²) in [4.78, 5) is 27.7. The van der Waals surface area contributed by atoms with Crippen molar-refractivity contribution >= 4 is 11.8 Å². The van der Waals surface area contributed by atoms with Crippen LogP contribution in [0.5, 0.6) is 5.75 Å². The zero-order valence-electron chi connectivity index (χ0n) is 13.1. The van der Waals surface area contributed by atoms with Gasteiger partial charge in [0.15, 0.2) is 5.76 Å². The quantitative estimate of drug-likeness (QED) is 0.697. The molecule has 2 N–H and O–H groups in total. The van der Waals surface area contributed by atoms with Gasteiger partial charge in [-0.25, -0.2) is 0 Å². The molecule has 3 rings (SSSR count). The number of nitrogens with one attached hydrogen (secondary N) is 2. The van der Waals surface area contributed by atoms with Gasteiger partial charge in [-0.3, -0.25) is 25.4 Å². The maximum atomic E-state index is 12.0. The molecule has 3 aromatic rings. The Morgan fingerprint density at radius 3 is 2.52 bits per heavy atom. The lowest BCUT2D eigenvalue weighted by molar-refractivity contribution is 0.0828. The van der Waals surface area contributed by atoms with Gasteiger partial charge in [0.05, 0.1) is 5.56 Å². The Bertz CT molecular complexity index is 847. The number of benzene rings is 1. The van der Waals surface area contributed by atoms with Crippen LogP contribution in [0.1, 0.15) is 26.7 Å². The maximum Gasteiger partial charge on any atom is 0.305 e. The molecule has 0 bridgehead atoms. The molecule has 1 aromatic carbocycles. The molecule has 0 radical (unpaired) electrons. The minimum atomic E-state index is -0.566. The van der Waals surface area contributed by atoms with Crippen LogP contribution in [0.2, 0.25) is 0 Å². The normalized spacial score (nSPS) is 10.1. The first-order chi connectivity index (χ1) is 12.2. The molecule has 0 spiro atoms. The Morgan fingerprint density at radius 2 is 1.76 bits per heavy atom. The number of hydrazine groups is 1. The van der Waals surface area contributed by atoms with Gasteiger partial charge in [0.25, 0.3) is 5.91 Å². The van der Waals surface area contributed by atoms with Gasteiger partial charge in [-0.2, -0.15) is 0 Å². The average molecular weight is 337 g/mol. The lowest BCUT2D eigenvalue weighted by atomic mass is 10.3. The van der Waals surface area contributed by atoms with E-state index in [9.17, 15) is 9.59 Å². The molecule has 7 nitrogen and oxygen atoms in total. The lowest BCUT2D eigenvalue weighted by Gasteiger charge is -2.05. The molecule has 2 heterocycles. The van der Waals surface area contributed by atoms with Crippen LogP contribution in [-0.4, -0.2) is 16.8 Å². The van der Waals surface area contributed by atoms with E-state index in [0.717, 1.165) is 0 Å². The van der Waals surface area contributed by atoms with Crippen LogP contribution in [0, 0.1) is 0 Å². The molecule has 126 valence electrons. The fourth-order valence-corrected chi connectivity index (χ4v) is 1.99. The highest BCUT2D eigenvalue weighted by Gasteiger charge is 2.13. The molecule has 0 unspecified atom stereocenters. The van der Waals surface area contributed by atoms with Crippen molar-refractivity contribution < 1.29 is 18.7 Å². The van der Waals surface area contributed by atoms with Crippen molar-refractivity contribution in [1.82, 2.24) is 15.8 Å². The number of amides is 2. The number of aromatic nitrogens is 1. The third-order valence-electron chi connectivity index (χ3n) is 3.22. The summed E-state index contributed by atoms with van der Waals surface area (Å²) >= 11 is 0. The molecule has 7 heteroatoms. The molecule has 0 aliphatic heterocycles.